The van der Waals surface area contributed by atoms with Crippen LogP contribution in [0.1, 0.15) is 64.7 Å². The molecule has 0 spiro atoms. The van der Waals surface area contributed by atoms with Crippen LogP contribution in [0.15, 0.2) is 0 Å². The van der Waals surface area contributed by atoms with E-state index in [9.17, 15) is 14.7 Å². The van der Waals surface area contributed by atoms with Crippen LogP contribution in [0.5, 0.6) is 0 Å². The maximum atomic E-state index is 11.7. The SMILES string of the molecule is CCCCCCCCCC(=O)NCCC[N+](C)(C)CC(=O)[O-]. The van der Waals surface area contributed by atoms with Crippen LogP contribution in [0.4, 0.5) is 0 Å². The number of carbonyl (C=O) groups is 2. The second-order valence-corrected chi connectivity index (χ2v) is 6.76. The third-order valence-corrected chi connectivity index (χ3v) is 3.83. The van der Waals surface area contributed by atoms with Gasteiger partial charge in [0.2, 0.25) is 5.91 Å². The van der Waals surface area contributed by atoms with Gasteiger partial charge < -0.3 is 19.7 Å². The second kappa shape index (κ2) is 12.4. The summed E-state index contributed by atoms with van der Waals surface area (Å²) in [4.78, 5) is 22.2. The van der Waals surface area contributed by atoms with Crippen LogP contribution in [0.2, 0.25) is 0 Å². The zero-order valence-electron chi connectivity index (χ0n) is 14.7. The van der Waals surface area contributed by atoms with Crippen molar-refractivity contribution in [1.82, 2.24) is 5.32 Å². The lowest BCUT2D eigenvalue weighted by Gasteiger charge is -2.30. The van der Waals surface area contributed by atoms with Crippen LogP contribution in [-0.2, 0) is 9.59 Å². The van der Waals surface area contributed by atoms with Gasteiger partial charge in [0.05, 0.1) is 26.6 Å². The average molecular weight is 314 g/mol. The lowest BCUT2D eigenvalue weighted by molar-refractivity contribution is -0.884. The van der Waals surface area contributed by atoms with Crippen molar-refractivity contribution >= 4 is 11.9 Å². The van der Waals surface area contributed by atoms with Crippen LogP contribution >= 0.6 is 0 Å². The molecular formula is C17H34N2O3. The van der Waals surface area contributed by atoms with Gasteiger partial charge in [0.1, 0.15) is 6.54 Å². The fourth-order valence-corrected chi connectivity index (χ4v) is 2.49. The number of hydrogen-bond acceptors (Lipinski definition) is 3. The number of rotatable bonds is 14. The predicted octanol–water partition coefficient (Wildman–Crippen LogP) is 1.46. The Morgan fingerprint density at radius 3 is 2.14 bits per heavy atom. The topological polar surface area (TPSA) is 69.2 Å². The van der Waals surface area contributed by atoms with Crippen molar-refractivity contribution in [2.75, 3.05) is 33.7 Å². The van der Waals surface area contributed by atoms with E-state index in [1.165, 1.54) is 32.1 Å². The van der Waals surface area contributed by atoms with Gasteiger partial charge in [0.25, 0.3) is 0 Å². The summed E-state index contributed by atoms with van der Waals surface area (Å²) in [5.74, 6) is -0.924. The van der Waals surface area contributed by atoms with Gasteiger partial charge in [-0.2, -0.15) is 0 Å². The lowest BCUT2D eigenvalue weighted by atomic mass is 10.1. The minimum absolute atomic E-state index is 0.00593. The van der Waals surface area contributed by atoms with Crippen molar-refractivity contribution < 1.29 is 19.2 Å². The van der Waals surface area contributed by atoms with E-state index in [2.05, 4.69) is 12.2 Å². The number of quaternary nitrogens is 1. The molecule has 0 aromatic carbocycles. The molecule has 0 aliphatic heterocycles. The van der Waals surface area contributed by atoms with Crippen LogP contribution in [0.25, 0.3) is 0 Å². The zero-order valence-corrected chi connectivity index (χ0v) is 14.7. The molecule has 0 aliphatic rings. The van der Waals surface area contributed by atoms with Gasteiger partial charge in [-0.25, -0.2) is 0 Å². The summed E-state index contributed by atoms with van der Waals surface area (Å²) in [6.07, 6.45) is 9.87. The molecule has 130 valence electrons. The molecule has 0 aromatic rings. The molecule has 0 bridgehead atoms. The summed E-state index contributed by atoms with van der Waals surface area (Å²) in [6.45, 7) is 3.55. The molecule has 0 rings (SSSR count). The summed E-state index contributed by atoms with van der Waals surface area (Å²) in [6, 6.07) is 0. The molecule has 5 heteroatoms. The van der Waals surface area contributed by atoms with E-state index in [0.717, 1.165) is 19.3 Å². The van der Waals surface area contributed by atoms with E-state index in [1.807, 2.05) is 14.1 Å². The summed E-state index contributed by atoms with van der Waals surface area (Å²) < 4.78 is 0.385. The number of nitrogens with one attached hydrogen (secondary N) is 1. The van der Waals surface area contributed by atoms with E-state index in [4.69, 9.17) is 0 Å². The molecule has 0 aromatic heterocycles. The number of carboxylic acids is 1. The van der Waals surface area contributed by atoms with E-state index in [-0.39, 0.29) is 12.5 Å². The minimum Gasteiger partial charge on any atom is -0.544 e. The van der Waals surface area contributed by atoms with Crippen LogP contribution in [0.3, 0.4) is 0 Å². The predicted molar refractivity (Wildman–Crippen MR) is 87.1 cm³/mol. The van der Waals surface area contributed by atoms with Crippen molar-refractivity contribution in [3.63, 3.8) is 0 Å². The minimum atomic E-state index is -1.03. The van der Waals surface area contributed by atoms with Gasteiger partial charge in [-0.3, -0.25) is 4.79 Å². The van der Waals surface area contributed by atoms with Crippen molar-refractivity contribution in [3.8, 4) is 0 Å². The normalized spacial score (nSPS) is 11.4. The molecule has 5 nitrogen and oxygen atoms in total. The molecule has 0 heterocycles. The van der Waals surface area contributed by atoms with Gasteiger partial charge in [0.15, 0.2) is 0 Å². The largest absolute Gasteiger partial charge is 0.544 e. The Kier molecular flexibility index (Phi) is 11.8. The molecule has 0 unspecified atom stereocenters. The number of aliphatic carboxylic acids is 1. The summed E-state index contributed by atoms with van der Waals surface area (Å²) in [7, 11) is 3.71. The lowest BCUT2D eigenvalue weighted by Crippen LogP contribution is -2.49. The molecule has 22 heavy (non-hydrogen) atoms. The third-order valence-electron chi connectivity index (χ3n) is 3.83. The highest BCUT2D eigenvalue weighted by Gasteiger charge is 2.14. The molecule has 0 atom stereocenters. The molecule has 0 saturated carbocycles. The van der Waals surface area contributed by atoms with Gasteiger partial charge in [0, 0.05) is 19.4 Å². The highest BCUT2D eigenvalue weighted by Crippen LogP contribution is 2.08. The van der Waals surface area contributed by atoms with Crippen molar-refractivity contribution in [1.29, 1.82) is 0 Å². The zero-order chi connectivity index (χ0) is 16.8. The average Bonchev–Trinajstić information content (AvgIpc) is 2.41. The Bertz CT molecular complexity index is 317. The molecule has 0 radical (unpaired) electrons. The fourth-order valence-electron chi connectivity index (χ4n) is 2.49. The van der Waals surface area contributed by atoms with Gasteiger partial charge in [-0.1, -0.05) is 45.4 Å². The van der Waals surface area contributed by atoms with E-state index >= 15 is 0 Å². The van der Waals surface area contributed by atoms with Gasteiger partial charge in [-0.05, 0) is 6.42 Å². The Morgan fingerprint density at radius 2 is 1.55 bits per heavy atom. The Hall–Kier alpha value is -1.10. The van der Waals surface area contributed by atoms with E-state index in [0.29, 0.717) is 24.0 Å². The number of carbonyl (C=O) groups excluding carboxylic acids is 2. The second-order valence-electron chi connectivity index (χ2n) is 6.76. The number of likely N-dealkylation sites (N-methyl/N-ethyl adjacent to an activating group) is 1. The Labute approximate surface area is 135 Å². The van der Waals surface area contributed by atoms with Crippen LogP contribution in [-0.4, -0.2) is 50.1 Å². The molecule has 1 amide bonds. The van der Waals surface area contributed by atoms with Gasteiger partial charge in [-0.15, -0.1) is 0 Å². The standard InChI is InChI=1S/C17H34N2O3/c1-4-5-6-7-8-9-10-12-16(20)18-13-11-14-19(2,3)15-17(21)22/h4-15H2,1-3H3,(H-,18,20,21,22). The first-order chi connectivity index (χ1) is 10.4. The van der Waals surface area contributed by atoms with Crippen molar-refractivity contribution in [3.05, 3.63) is 0 Å². The molecule has 0 aliphatic carbocycles. The van der Waals surface area contributed by atoms with E-state index < -0.39 is 5.97 Å². The first-order valence-electron chi connectivity index (χ1n) is 8.66. The highest BCUT2D eigenvalue weighted by atomic mass is 16.4. The number of carboxylic acid groups (broad SMARTS) is 1. The maximum Gasteiger partial charge on any atom is 0.219 e. The smallest absolute Gasteiger partial charge is 0.219 e. The fraction of sp³-hybridized carbons (Fsp3) is 0.882. The number of hydrogen-bond donors (Lipinski definition) is 1. The summed E-state index contributed by atoms with van der Waals surface area (Å²) >= 11 is 0. The van der Waals surface area contributed by atoms with Crippen LogP contribution < -0.4 is 10.4 Å². The molecule has 0 fully saturated rings. The quantitative estimate of drug-likeness (QED) is 0.390. The van der Waals surface area contributed by atoms with E-state index in [1.54, 1.807) is 0 Å². The number of nitrogens with zero attached hydrogens (tertiary/aromatic N) is 1. The third kappa shape index (κ3) is 13.9. The summed E-state index contributed by atoms with van der Waals surface area (Å²) in [5.41, 5.74) is 0. The first-order valence-corrected chi connectivity index (χ1v) is 8.66. The first kappa shape index (κ1) is 20.9. The molecular weight excluding hydrogens is 280 g/mol. The Balaban J connectivity index is 3.48. The Morgan fingerprint density at radius 1 is 0.955 bits per heavy atom. The van der Waals surface area contributed by atoms with Crippen LogP contribution in [0, 0.1) is 0 Å². The van der Waals surface area contributed by atoms with Crippen molar-refractivity contribution in [2.24, 2.45) is 0 Å². The van der Waals surface area contributed by atoms with Gasteiger partial charge >= 0.3 is 0 Å². The monoisotopic (exact) mass is 314 g/mol. The number of amides is 1. The maximum absolute atomic E-state index is 11.7. The number of unbranched alkanes of at least 4 members (excludes halogenated alkanes) is 6. The summed E-state index contributed by atoms with van der Waals surface area (Å²) in [5, 5.41) is 13.5. The van der Waals surface area contributed by atoms with Crippen molar-refractivity contribution in [2.45, 2.75) is 64.7 Å². The molecule has 1 N–H and O–H groups in total. The molecule has 0 saturated heterocycles. The highest BCUT2D eigenvalue weighted by molar-refractivity contribution is 5.75.